The van der Waals surface area contributed by atoms with Crippen molar-refractivity contribution in [1.29, 1.82) is 0 Å². The van der Waals surface area contributed by atoms with Crippen LogP contribution in [0.4, 0.5) is 10.2 Å². The maximum atomic E-state index is 13.0. The first-order valence-electron chi connectivity index (χ1n) is 6.52. The summed E-state index contributed by atoms with van der Waals surface area (Å²) in [5.41, 5.74) is 1.94. The van der Waals surface area contributed by atoms with E-state index in [2.05, 4.69) is 21.4 Å². The summed E-state index contributed by atoms with van der Waals surface area (Å²) in [6, 6.07) is 8.49. The molecule has 1 saturated heterocycles. The number of nitrogens with zero attached hydrogens (tertiary/aromatic N) is 3. The summed E-state index contributed by atoms with van der Waals surface area (Å²) < 4.78 is 14.8. The van der Waals surface area contributed by atoms with Gasteiger partial charge in [0, 0.05) is 37.9 Å². The van der Waals surface area contributed by atoms with E-state index in [1.54, 1.807) is 12.1 Å². The summed E-state index contributed by atoms with van der Waals surface area (Å²) in [5, 5.41) is 7.95. The minimum Gasteiger partial charge on any atom is -0.353 e. The van der Waals surface area contributed by atoms with Crippen molar-refractivity contribution in [2.75, 3.05) is 31.1 Å². The number of benzene rings is 1. The molecule has 0 atom stereocenters. The van der Waals surface area contributed by atoms with Crippen molar-refractivity contribution in [3.63, 3.8) is 0 Å². The SMILES string of the molecule is Cc1cc(N2CCNCC2)nn1-c1ccc(F)cc1. The highest BCUT2D eigenvalue weighted by atomic mass is 19.1. The Balaban J connectivity index is 1.90. The molecule has 19 heavy (non-hydrogen) atoms. The third-order valence-electron chi connectivity index (χ3n) is 3.39. The van der Waals surface area contributed by atoms with E-state index < -0.39 is 0 Å². The highest BCUT2D eigenvalue weighted by Crippen LogP contribution is 2.18. The quantitative estimate of drug-likeness (QED) is 0.892. The lowest BCUT2D eigenvalue weighted by molar-refractivity contribution is 0.583. The van der Waals surface area contributed by atoms with Crippen LogP contribution in [0.1, 0.15) is 5.69 Å². The van der Waals surface area contributed by atoms with Gasteiger partial charge in [-0.15, -0.1) is 0 Å². The Hall–Kier alpha value is -1.88. The van der Waals surface area contributed by atoms with Crippen molar-refractivity contribution < 1.29 is 4.39 Å². The maximum Gasteiger partial charge on any atom is 0.151 e. The monoisotopic (exact) mass is 260 g/mol. The van der Waals surface area contributed by atoms with Gasteiger partial charge < -0.3 is 10.2 Å². The number of hydrogen-bond donors (Lipinski definition) is 1. The molecule has 0 amide bonds. The molecule has 0 radical (unpaired) electrons. The molecule has 4 nitrogen and oxygen atoms in total. The van der Waals surface area contributed by atoms with E-state index in [0.29, 0.717) is 0 Å². The second kappa shape index (κ2) is 5.01. The zero-order valence-electron chi connectivity index (χ0n) is 10.9. The number of aromatic nitrogens is 2. The topological polar surface area (TPSA) is 33.1 Å². The summed E-state index contributed by atoms with van der Waals surface area (Å²) >= 11 is 0. The maximum absolute atomic E-state index is 13.0. The van der Waals surface area contributed by atoms with Gasteiger partial charge in [0.1, 0.15) is 5.82 Å². The summed E-state index contributed by atoms with van der Waals surface area (Å²) in [6.07, 6.45) is 0. The van der Waals surface area contributed by atoms with Crippen LogP contribution >= 0.6 is 0 Å². The first-order valence-corrected chi connectivity index (χ1v) is 6.52. The van der Waals surface area contributed by atoms with Crippen molar-refractivity contribution in [1.82, 2.24) is 15.1 Å². The van der Waals surface area contributed by atoms with Crippen LogP contribution in [-0.4, -0.2) is 36.0 Å². The fourth-order valence-corrected chi connectivity index (χ4v) is 2.35. The number of nitrogens with one attached hydrogen (secondary N) is 1. The number of hydrogen-bond acceptors (Lipinski definition) is 3. The van der Waals surface area contributed by atoms with E-state index in [-0.39, 0.29) is 5.82 Å². The standard InChI is InChI=1S/C14H17FN4/c1-11-10-14(18-8-6-16-7-9-18)17-19(11)13-4-2-12(15)3-5-13/h2-5,10,16H,6-9H2,1H3. The second-order valence-corrected chi connectivity index (χ2v) is 4.77. The molecule has 0 unspecified atom stereocenters. The van der Waals surface area contributed by atoms with Gasteiger partial charge in [-0.05, 0) is 31.2 Å². The molecule has 1 aromatic heterocycles. The predicted octanol–water partition coefficient (Wildman–Crippen LogP) is 1.73. The third kappa shape index (κ3) is 2.46. The Morgan fingerprint density at radius 1 is 1.16 bits per heavy atom. The van der Waals surface area contributed by atoms with Crippen LogP contribution in [0.25, 0.3) is 5.69 Å². The van der Waals surface area contributed by atoms with Crippen LogP contribution in [0.15, 0.2) is 30.3 Å². The molecule has 1 N–H and O–H groups in total. The smallest absolute Gasteiger partial charge is 0.151 e. The largest absolute Gasteiger partial charge is 0.353 e. The van der Waals surface area contributed by atoms with Crippen molar-refractivity contribution in [2.24, 2.45) is 0 Å². The lowest BCUT2D eigenvalue weighted by atomic mass is 10.3. The molecule has 1 fully saturated rings. The second-order valence-electron chi connectivity index (χ2n) is 4.77. The summed E-state index contributed by atoms with van der Waals surface area (Å²) in [5.74, 6) is 0.763. The molecule has 1 aromatic carbocycles. The van der Waals surface area contributed by atoms with E-state index in [1.165, 1.54) is 12.1 Å². The van der Waals surface area contributed by atoms with E-state index >= 15 is 0 Å². The molecule has 2 heterocycles. The molecule has 0 bridgehead atoms. The van der Waals surface area contributed by atoms with Crippen LogP contribution in [-0.2, 0) is 0 Å². The minimum absolute atomic E-state index is 0.226. The lowest BCUT2D eigenvalue weighted by Crippen LogP contribution is -2.43. The van der Waals surface area contributed by atoms with Crippen molar-refractivity contribution in [3.05, 3.63) is 41.8 Å². The third-order valence-corrected chi connectivity index (χ3v) is 3.39. The van der Waals surface area contributed by atoms with Crippen LogP contribution in [0.2, 0.25) is 0 Å². The predicted molar refractivity (Wildman–Crippen MR) is 73.3 cm³/mol. The first kappa shape index (κ1) is 12.2. The molecular weight excluding hydrogens is 243 g/mol. The fourth-order valence-electron chi connectivity index (χ4n) is 2.35. The molecule has 0 saturated carbocycles. The number of piperazine rings is 1. The van der Waals surface area contributed by atoms with Crippen molar-refractivity contribution in [2.45, 2.75) is 6.92 Å². The van der Waals surface area contributed by atoms with Crippen molar-refractivity contribution in [3.8, 4) is 5.69 Å². The van der Waals surface area contributed by atoms with Crippen LogP contribution in [0.3, 0.4) is 0 Å². The van der Waals surface area contributed by atoms with Crippen LogP contribution in [0.5, 0.6) is 0 Å². The van der Waals surface area contributed by atoms with E-state index in [9.17, 15) is 4.39 Å². The molecule has 5 heteroatoms. The molecular formula is C14H17FN4. The summed E-state index contributed by atoms with van der Waals surface area (Å²) in [6.45, 7) is 5.94. The number of rotatable bonds is 2. The Morgan fingerprint density at radius 2 is 1.84 bits per heavy atom. The zero-order valence-corrected chi connectivity index (χ0v) is 10.9. The normalized spacial score (nSPS) is 15.8. The number of anilines is 1. The van der Waals surface area contributed by atoms with Gasteiger partial charge in [-0.1, -0.05) is 0 Å². The van der Waals surface area contributed by atoms with Gasteiger partial charge in [0.2, 0.25) is 0 Å². The highest BCUT2D eigenvalue weighted by Gasteiger charge is 2.15. The first-order chi connectivity index (χ1) is 9.24. The van der Waals surface area contributed by atoms with Gasteiger partial charge in [0.15, 0.2) is 5.82 Å². The van der Waals surface area contributed by atoms with Gasteiger partial charge in [-0.3, -0.25) is 0 Å². The molecule has 3 rings (SSSR count). The highest BCUT2D eigenvalue weighted by molar-refractivity contribution is 5.44. The van der Waals surface area contributed by atoms with Crippen molar-refractivity contribution >= 4 is 5.82 Å². The summed E-state index contributed by atoms with van der Waals surface area (Å²) in [7, 11) is 0. The average molecular weight is 260 g/mol. The summed E-state index contributed by atoms with van der Waals surface area (Å²) in [4.78, 5) is 2.27. The van der Waals surface area contributed by atoms with Crippen LogP contribution in [0, 0.1) is 12.7 Å². The average Bonchev–Trinajstić information content (AvgIpc) is 2.83. The van der Waals surface area contributed by atoms with E-state index in [1.807, 2.05) is 11.6 Å². The molecule has 0 spiro atoms. The molecule has 0 aliphatic carbocycles. The molecule has 100 valence electrons. The lowest BCUT2D eigenvalue weighted by Gasteiger charge is -2.27. The van der Waals surface area contributed by atoms with Crippen LogP contribution < -0.4 is 10.2 Å². The Kier molecular flexibility index (Phi) is 3.21. The zero-order chi connectivity index (χ0) is 13.2. The number of halogens is 1. The Bertz CT molecular complexity index is 555. The van der Waals surface area contributed by atoms with Gasteiger partial charge in [-0.25, -0.2) is 9.07 Å². The Labute approximate surface area is 111 Å². The van der Waals surface area contributed by atoms with E-state index in [4.69, 9.17) is 0 Å². The Morgan fingerprint density at radius 3 is 2.53 bits per heavy atom. The fraction of sp³-hybridized carbons (Fsp3) is 0.357. The molecule has 2 aromatic rings. The van der Waals surface area contributed by atoms with Gasteiger partial charge in [-0.2, -0.15) is 5.10 Å². The van der Waals surface area contributed by atoms with E-state index in [0.717, 1.165) is 43.4 Å². The van der Waals surface area contributed by atoms with Gasteiger partial charge in [0.05, 0.1) is 5.69 Å². The van der Waals surface area contributed by atoms with Gasteiger partial charge >= 0.3 is 0 Å². The molecule has 1 aliphatic heterocycles. The minimum atomic E-state index is -0.226. The molecule has 1 aliphatic rings. The number of aryl methyl sites for hydroxylation is 1. The van der Waals surface area contributed by atoms with Gasteiger partial charge in [0.25, 0.3) is 0 Å².